The number of likely N-dealkylation sites (N-methyl/N-ethyl adjacent to an activating group) is 2. The summed E-state index contributed by atoms with van der Waals surface area (Å²) in [5.74, 6) is 0. The molecular weight excluding hydrogens is 310 g/mol. The van der Waals surface area contributed by atoms with Gasteiger partial charge >= 0.3 is 0 Å². The average molecular weight is 332 g/mol. The third-order valence-corrected chi connectivity index (χ3v) is 5.72. The number of aryl methyl sites for hydroxylation is 1. The van der Waals surface area contributed by atoms with Crippen LogP contribution < -0.4 is 5.32 Å². The smallest absolute Gasteiger partial charge is 0.245 e. The molecule has 0 saturated carbocycles. The monoisotopic (exact) mass is 331 g/mol. The number of nitrogens with one attached hydrogen (secondary N) is 1. The van der Waals surface area contributed by atoms with Crippen LogP contribution >= 0.6 is 12.4 Å². The van der Waals surface area contributed by atoms with Crippen molar-refractivity contribution < 1.29 is 8.42 Å². The Morgan fingerprint density at radius 1 is 1.29 bits per heavy atom. The predicted octanol–water partition coefficient (Wildman–Crippen LogP) is 1.75. The number of para-hydroxylation sites is 1. The third kappa shape index (κ3) is 3.08. The van der Waals surface area contributed by atoms with Crippen molar-refractivity contribution in [2.45, 2.75) is 11.8 Å². The van der Waals surface area contributed by atoms with E-state index in [9.17, 15) is 8.42 Å². The fourth-order valence-electron chi connectivity index (χ4n) is 2.36. The van der Waals surface area contributed by atoms with Crippen molar-refractivity contribution in [3.63, 3.8) is 0 Å². The number of halogens is 1. The number of fused-ring (bicyclic) bond motifs is 1. The van der Waals surface area contributed by atoms with Gasteiger partial charge in [0.15, 0.2) is 0 Å². The van der Waals surface area contributed by atoms with Crippen molar-refractivity contribution in [3.05, 3.63) is 30.0 Å². The highest BCUT2D eigenvalue weighted by Crippen LogP contribution is 2.30. The molecule has 0 aliphatic rings. The SMILES string of the molecule is CNCCN(C)S(=O)(=O)c1c(C)n(C)c2ccccc12.Cl. The van der Waals surface area contributed by atoms with E-state index in [4.69, 9.17) is 0 Å². The van der Waals surface area contributed by atoms with Gasteiger partial charge in [0.25, 0.3) is 0 Å². The molecule has 1 aromatic carbocycles. The van der Waals surface area contributed by atoms with E-state index in [0.29, 0.717) is 18.0 Å². The largest absolute Gasteiger partial charge is 0.347 e. The second-order valence-electron chi connectivity index (χ2n) is 4.92. The van der Waals surface area contributed by atoms with Gasteiger partial charge in [-0.15, -0.1) is 12.4 Å². The van der Waals surface area contributed by atoms with Gasteiger partial charge in [-0.3, -0.25) is 0 Å². The summed E-state index contributed by atoms with van der Waals surface area (Å²) in [6.07, 6.45) is 0. The number of benzene rings is 1. The Morgan fingerprint density at radius 2 is 1.90 bits per heavy atom. The molecule has 0 unspecified atom stereocenters. The highest BCUT2D eigenvalue weighted by atomic mass is 35.5. The van der Waals surface area contributed by atoms with Gasteiger partial charge in [0.05, 0.1) is 0 Å². The minimum absolute atomic E-state index is 0. The molecule has 1 aromatic heterocycles. The summed E-state index contributed by atoms with van der Waals surface area (Å²) in [6, 6.07) is 7.59. The molecule has 0 fully saturated rings. The van der Waals surface area contributed by atoms with Gasteiger partial charge in [0.2, 0.25) is 10.0 Å². The van der Waals surface area contributed by atoms with Gasteiger partial charge in [-0.1, -0.05) is 18.2 Å². The minimum Gasteiger partial charge on any atom is -0.347 e. The topological polar surface area (TPSA) is 54.3 Å². The zero-order valence-corrected chi connectivity index (χ0v) is 14.4. The van der Waals surface area contributed by atoms with Crippen LogP contribution in [0.1, 0.15) is 5.69 Å². The zero-order valence-electron chi connectivity index (χ0n) is 12.8. The van der Waals surface area contributed by atoms with E-state index in [0.717, 1.165) is 16.6 Å². The molecule has 0 bridgehead atoms. The van der Waals surface area contributed by atoms with Crippen LogP contribution in [0.3, 0.4) is 0 Å². The molecule has 7 heteroatoms. The molecule has 0 atom stereocenters. The quantitative estimate of drug-likeness (QED) is 0.908. The van der Waals surface area contributed by atoms with Crippen LogP contribution in [-0.4, -0.2) is 44.5 Å². The normalized spacial score (nSPS) is 11.9. The van der Waals surface area contributed by atoms with Crippen LogP contribution in [-0.2, 0) is 17.1 Å². The van der Waals surface area contributed by atoms with Gasteiger partial charge in [-0.05, 0) is 20.0 Å². The van der Waals surface area contributed by atoms with Crippen LogP contribution in [0.4, 0.5) is 0 Å². The molecule has 2 rings (SSSR count). The van der Waals surface area contributed by atoms with E-state index in [2.05, 4.69) is 5.32 Å². The van der Waals surface area contributed by atoms with Crippen molar-refractivity contribution in [1.82, 2.24) is 14.2 Å². The van der Waals surface area contributed by atoms with E-state index in [1.165, 1.54) is 4.31 Å². The predicted molar refractivity (Wildman–Crippen MR) is 88.6 cm³/mol. The highest BCUT2D eigenvalue weighted by molar-refractivity contribution is 7.89. The third-order valence-electron chi connectivity index (χ3n) is 3.69. The summed E-state index contributed by atoms with van der Waals surface area (Å²) in [5, 5.41) is 3.75. The summed E-state index contributed by atoms with van der Waals surface area (Å²) in [6.45, 7) is 2.92. The Kier molecular flexibility index (Phi) is 5.81. The van der Waals surface area contributed by atoms with Crippen molar-refractivity contribution in [2.75, 3.05) is 27.2 Å². The maximum atomic E-state index is 12.8. The first-order valence-corrected chi connectivity index (χ1v) is 8.00. The first-order chi connectivity index (χ1) is 9.41. The lowest BCUT2D eigenvalue weighted by atomic mass is 10.2. The fraction of sp³-hybridized carbons (Fsp3) is 0.429. The van der Waals surface area contributed by atoms with E-state index in [1.54, 1.807) is 7.05 Å². The molecular formula is C14H22ClN3O2S. The van der Waals surface area contributed by atoms with Crippen LogP contribution in [0.15, 0.2) is 29.2 Å². The molecule has 1 heterocycles. The van der Waals surface area contributed by atoms with Crippen molar-refractivity contribution in [2.24, 2.45) is 7.05 Å². The molecule has 0 saturated heterocycles. The maximum Gasteiger partial charge on any atom is 0.245 e. The van der Waals surface area contributed by atoms with Gasteiger partial charge in [0, 0.05) is 43.8 Å². The summed E-state index contributed by atoms with van der Waals surface area (Å²) < 4.78 is 28.9. The first kappa shape index (κ1) is 18.0. The number of sulfonamides is 1. The molecule has 1 N–H and O–H groups in total. The van der Waals surface area contributed by atoms with Crippen LogP contribution in [0.5, 0.6) is 0 Å². The standard InChI is InChI=1S/C14H21N3O2S.ClH/c1-11-14(20(18,19)16(3)10-9-15-2)12-7-5-6-8-13(12)17(11)4;/h5-8,15H,9-10H2,1-4H3;1H. The number of hydrogen-bond acceptors (Lipinski definition) is 3. The van der Waals surface area contributed by atoms with Gasteiger partial charge in [0.1, 0.15) is 4.90 Å². The molecule has 0 amide bonds. The highest BCUT2D eigenvalue weighted by Gasteiger charge is 2.27. The van der Waals surface area contributed by atoms with Crippen molar-refractivity contribution >= 4 is 33.3 Å². The second kappa shape index (κ2) is 6.79. The molecule has 0 spiro atoms. The Balaban J connectivity index is 0.00000220. The number of hydrogen-bond donors (Lipinski definition) is 1. The van der Waals surface area contributed by atoms with Gasteiger partial charge in [-0.25, -0.2) is 8.42 Å². The molecule has 0 aliphatic carbocycles. The van der Waals surface area contributed by atoms with Crippen molar-refractivity contribution in [3.8, 4) is 0 Å². The lowest BCUT2D eigenvalue weighted by Gasteiger charge is -2.17. The van der Waals surface area contributed by atoms with Gasteiger partial charge in [-0.2, -0.15) is 4.31 Å². The number of rotatable bonds is 5. The molecule has 0 aliphatic heterocycles. The summed E-state index contributed by atoms with van der Waals surface area (Å²) >= 11 is 0. The lowest BCUT2D eigenvalue weighted by Crippen LogP contribution is -2.33. The van der Waals surface area contributed by atoms with E-state index in [-0.39, 0.29) is 12.4 Å². The molecule has 0 radical (unpaired) electrons. The Hall–Kier alpha value is -1.08. The van der Waals surface area contributed by atoms with Crippen molar-refractivity contribution in [1.29, 1.82) is 0 Å². The van der Waals surface area contributed by atoms with E-state index in [1.807, 2.05) is 49.9 Å². The Labute approximate surface area is 132 Å². The van der Waals surface area contributed by atoms with Crippen LogP contribution in [0.2, 0.25) is 0 Å². The van der Waals surface area contributed by atoms with Crippen LogP contribution in [0.25, 0.3) is 10.9 Å². The Morgan fingerprint density at radius 3 is 2.52 bits per heavy atom. The second-order valence-corrected chi connectivity index (χ2v) is 6.90. The van der Waals surface area contributed by atoms with Crippen LogP contribution in [0, 0.1) is 6.92 Å². The fourth-order valence-corrected chi connectivity index (χ4v) is 3.96. The molecule has 2 aromatic rings. The number of aromatic nitrogens is 1. The molecule has 21 heavy (non-hydrogen) atoms. The molecule has 118 valence electrons. The van der Waals surface area contributed by atoms with Gasteiger partial charge < -0.3 is 9.88 Å². The number of nitrogens with zero attached hydrogens (tertiary/aromatic N) is 2. The first-order valence-electron chi connectivity index (χ1n) is 6.56. The molecule has 5 nitrogen and oxygen atoms in total. The summed E-state index contributed by atoms with van der Waals surface area (Å²) in [5.41, 5.74) is 1.70. The summed E-state index contributed by atoms with van der Waals surface area (Å²) in [4.78, 5) is 0.411. The Bertz CT molecular complexity index is 725. The zero-order chi connectivity index (χ0) is 14.9. The maximum absolute atomic E-state index is 12.8. The lowest BCUT2D eigenvalue weighted by molar-refractivity contribution is 0.466. The average Bonchev–Trinajstić information content (AvgIpc) is 2.69. The van der Waals surface area contributed by atoms with E-state index >= 15 is 0 Å². The minimum atomic E-state index is -3.48. The van der Waals surface area contributed by atoms with E-state index < -0.39 is 10.0 Å². The summed E-state index contributed by atoms with van der Waals surface area (Å²) in [7, 11) is 1.85.